The van der Waals surface area contributed by atoms with Gasteiger partial charge in [0.25, 0.3) is 11.8 Å². The molecule has 1 saturated heterocycles. The zero-order chi connectivity index (χ0) is 21.6. The summed E-state index contributed by atoms with van der Waals surface area (Å²) in [6.07, 6.45) is 4.34. The first-order valence-electron chi connectivity index (χ1n) is 10.0. The second kappa shape index (κ2) is 7.26. The third kappa shape index (κ3) is 3.56. The number of piperidine rings is 1. The van der Waals surface area contributed by atoms with Gasteiger partial charge in [0, 0.05) is 55.0 Å². The van der Waals surface area contributed by atoms with Crippen molar-refractivity contribution in [3.8, 4) is 17.1 Å². The summed E-state index contributed by atoms with van der Waals surface area (Å²) in [5, 5.41) is 8.75. The first kappa shape index (κ1) is 19.3. The molecule has 4 heterocycles. The number of hydrogen-bond donors (Lipinski definition) is 1. The summed E-state index contributed by atoms with van der Waals surface area (Å²) in [4.78, 5) is 21.8. The molecule has 1 aromatic carbocycles. The first-order valence-corrected chi connectivity index (χ1v) is 10.0. The minimum Gasteiger partial charge on any atom is -0.338 e. The zero-order valence-corrected chi connectivity index (χ0v) is 16.8. The smallest absolute Gasteiger partial charge is 0.255 e. The molecular weight excluding hydrogens is 402 g/mol. The lowest BCUT2D eigenvalue weighted by atomic mass is 10.1. The maximum Gasteiger partial charge on any atom is 0.255 e. The summed E-state index contributed by atoms with van der Waals surface area (Å²) in [6, 6.07) is 9.65. The summed E-state index contributed by atoms with van der Waals surface area (Å²) in [5.41, 5.74) is 4.00. The van der Waals surface area contributed by atoms with Gasteiger partial charge < -0.3 is 14.5 Å². The highest BCUT2D eigenvalue weighted by Crippen LogP contribution is 2.29. The number of hydrogen-bond acceptors (Lipinski definition) is 4. The number of aryl methyl sites for hydroxylation is 1. The molecule has 1 amide bonds. The molecule has 5 rings (SSSR count). The Morgan fingerprint density at radius 1 is 1.16 bits per heavy atom. The van der Waals surface area contributed by atoms with Gasteiger partial charge in [0.15, 0.2) is 5.82 Å². The van der Waals surface area contributed by atoms with Crippen LogP contribution in [0.4, 0.5) is 8.78 Å². The maximum absolute atomic E-state index is 13.4. The van der Waals surface area contributed by atoms with Crippen LogP contribution in [0, 0.1) is 6.92 Å². The van der Waals surface area contributed by atoms with Crippen molar-refractivity contribution in [1.29, 1.82) is 0 Å². The monoisotopic (exact) mass is 422 g/mol. The molecule has 0 radical (unpaired) electrons. The van der Waals surface area contributed by atoms with E-state index in [0.29, 0.717) is 17.0 Å². The number of aromatic amines is 1. The van der Waals surface area contributed by atoms with Crippen LogP contribution in [0.15, 0.2) is 49.1 Å². The van der Waals surface area contributed by atoms with Crippen molar-refractivity contribution in [3.63, 3.8) is 0 Å². The molecule has 7 nitrogen and oxygen atoms in total. The molecule has 1 N–H and O–H groups in total. The van der Waals surface area contributed by atoms with E-state index < -0.39 is 5.92 Å². The lowest BCUT2D eigenvalue weighted by Gasteiger charge is -2.31. The number of pyridine rings is 1. The number of aromatic nitrogens is 5. The molecule has 9 heteroatoms. The fraction of sp³-hybridized carbons (Fsp3) is 0.273. The topological polar surface area (TPSA) is 79.7 Å². The molecule has 1 aliphatic heterocycles. The van der Waals surface area contributed by atoms with Crippen LogP contribution in [0.25, 0.3) is 28.1 Å². The van der Waals surface area contributed by atoms with E-state index in [1.54, 1.807) is 6.07 Å². The van der Waals surface area contributed by atoms with Crippen molar-refractivity contribution < 1.29 is 13.6 Å². The van der Waals surface area contributed by atoms with Crippen LogP contribution in [-0.4, -0.2) is 54.6 Å². The number of H-pyrrole nitrogens is 1. The predicted molar refractivity (Wildman–Crippen MR) is 111 cm³/mol. The number of carbonyl (C=O) groups is 1. The van der Waals surface area contributed by atoms with Crippen LogP contribution < -0.4 is 0 Å². The minimum atomic E-state index is -2.69. The van der Waals surface area contributed by atoms with E-state index in [1.165, 1.54) is 17.4 Å². The molecule has 0 atom stereocenters. The third-order valence-electron chi connectivity index (χ3n) is 5.73. The average Bonchev–Trinajstić information content (AvgIpc) is 3.43. The average molecular weight is 422 g/mol. The number of carbonyl (C=O) groups excluding carboxylic acids is 1. The van der Waals surface area contributed by atoms with Gasteiger partial charge in [-0.15, -0.1) is 10.2 Å². The molecule has 1 aliphatic rings. The lowest BCUT2D eigenvalue weighted by molar-refractivity contribution is -0.0494. The first-order chi connectivity index (χ1) is 14.9. The van der Waals surface area contributed by atoms with Crippen molar-refractivity contribution in [2.75, 3.05) is 13.1 Å². The van der Waals surface area contributed by atoms with Gasteiger partial charge in [0.1, 0.15) is 12.0 Å². The van der Waals surface area contributed by atoms with Crippen LogP contribution >= 0.6 is 0 Å². The van der Waals surface area contributed by atoms with Crippen molar-refractivity contribution in [2.45, 2.75) is 25.7 Å². The molecular formula is C22H20F2N6O. The summed E-state index contributed by atoms with van der Waals surface area (Å²) in [7, 11) is 0. The SMILES string of the molecule is Cc1ccc(-n2ccc3cc(C(=O)N4CCC(F)(F)CC4)cnc32)cc1-c1nnc[nH]1. The van der Waals surface area contributed by atoms with Gasteiger partial charge in [-0.2, -0.15) is 0 Å². The van der Waals surface area contributed by atoms with Crippen LogP contribution in [0.5, 0.6) is 0 Å². The van der Waals surface area contributed by atoms with Gasteiger partial charge in [-0.25, -0.2) is 13.8 Å². The lowest BCUT2D eigenvalue weighted by Crippen LogP contribution is -2.42. The Morgan fingerprint density at radius 3 is 2.71 bits per heavy atom. The van der Waals surface area contributed by atoms with E-state index in [4.69, 9.17) is 0 Å². The molecule has 3 aromatic heterocycles. The molecule has 158 valence electrons. The Morgan fingerprint density at radius 2 is 1.97 bits per heavy atom. The highest BCUT2D eigenvalue weighted by atomic mass is 19.3. The number of nitrogens with one attached hydrogen (secondary N) is 1. The van der Waals surface area contributed by atoms with Crippen LogP contribution in [0.3, 0.4) is 0 Å². The largest absolute Gasteiger partial charge is 0.338 e. The molecule has 0 saturated carbocycles. The zero-order valence-electron chi connectivity index (χ0n) is 16.8. The maximum atomic E-state index is 13.4. The van der Waals surface area contributed by atoms with Gasteiger partial charge in [-0.05, 0) is 36.8 Å². The van der Waals surface area contributed by atoms with E-state index in [0.717, 1.165) is 22.2 Å². The van der Waals surface area contributed by atoms with Gasteiger partial charge in [-0.3, -0.25) is 4.79 Å². The number of rotatable bonds is 3. The number of likely N-dealkylation sites (tertiary alicyclic amines) is 1. The van der Waals surface area contributed by atoms with E-state index in [-0.39, 0.29) is 31.8 Å². The van der Waals surface area contributed by atoms with Crippen LogP contribution in [0.1, 0.15) is 28.8 Å². The second-order valence-corrected chi connectivity index (χ2v) is 7.81. The molecule has 0 spiro atoms. The standard InChI is InChI=1S/C22H20F2N6O/c1-14-2-3-17(11-18(14)19-26-13-27-28-19)30-7-4-15-10-16(12-25-20(15)30)21(31)29-8-5-22(23,24)6-9-29/h2-4,7,10-13H,5-6,8-9H2,1H3,(H,26,27,28). The number of fused-ring (bicyclic) bond motifs is 1. The normalized spacial score (nSPS) is 16.0. The van der Waals surface area contributed by atoms with Crippen molar-refractivity contribution >= 4 is 16.9 Å². The van der Waals surface area contributed by atoms with Crippen LogP contribution in [-0.2, 0) is 0 Å². The molecule has 0 aliphatic carbocycles. The summed E-state index contributed by atoms with van der Waals surface area (Å²) in [5.74, 6) is -2.27. The fourth-order valence-corrected chi connectivity index (χ4v) is 3.92. The number of halogens is 2. The summed E-state index contributed by atoms with van der Waals surface area (Å²) < 4.78 is 28.7. The van der Waals surface area contributed by atoms with Crippen molar-refractivity contribution in [3.05, 3.63) is 60.2 Å². The molecule has 0 bridgehead atoms. The Kier molecular flexibility index (Phi) is 4.53. The number of alkyl halides is 2. The quantitative estimate of drug-likeness (QED) is 0.541. The number of benzene rings is 1. The molecule has 0 unspecified atom stereocenters. The molecule has 31 heavy (non-hydrogen) atoms. The second-order valence-electron chi connectivity index (χ2n) is 7.81. The Balaban J connectivity index is 1.45. The van der Waals surface area contributed by atoms with E-state index in [1.807, 2.05) is 42.0 Å². The van der Waals surface area contributed by atoms with E-state index in [2.05, 4.69) is 20.2 Å². The van der Waals surface area contributed by atoms with Crippen molar-refractivity contribution in [2.24, 2.45) is 0 Å². The number of amides is 1. The Labute approximate surface area is 176 Å². The van der Waals surface area contributed by atoms with Gasteiger partial charge in [0.2, 0.25) is 0 Å². The highest BCUT2D eigenvalue weighted by Gasteiger charge is 2.35. The van der Waals surface area contributed by atoms with Gasteiger partial charge in [0.05, 0.1) is 5.56 Å². The predicted octanol–water partition coefficient (Wildman–Crippen LogP) is 3.99. The Hall–Kier alpha value is -3.62. The summed E-state index contributed by atoms with van der Waals surface area (Å²) >= 11 is 0. The van der Waals surface area contributed by atoms with Crippen LogP contribution in [0.2, 0.25) is 0 Å². The van der Waals surface area contributed by atoms with Gasteiger partial charge in [-0.1, -0.05) is 6.07 Å². The number of nitrogens with zero attached hydrogens (tertiary/aromatic N) is 5. The van der Waals surface area contributed by atoms with E-state index in [9.17, 15) is 13.6 Å². The minimum absolute atomic E-state index is 0.0542. The highest BCUT2D eigenvalue weighted by molar-refractivity contribution is 5.97. The third-order valence-corrected chi connectivity index (χ3v) is 5.73. The van der Waals surface area contributed by atoms with E-state index >= 15 is 0 Å². The molecule has 4 aromatic rings. The van der Waals surface area contributed by atoms with Crippen molar-refractivity contribution in [1.82, 2.24) is 29.6 Å². The molecule has 1 fully saturated rings. The fourth-order valence-electron chi connectivity index (χ4n) is 3.92. The Bertz CT molecular complexity index is 1250. The van der Waals surface area contributed by atoms with Gasteiger partial charge >= 0.3 is 0 Å². The summed E-state index contributed by atoms with van der Waals surface area (Å²) in [6.45, 7) is 2.11.